The first-order chi connectivity index (χ1) is 6.91. The molecule has 0 aromatic rings. The van der Waals surface area contributed by atoms with E-state index in [-0.39, 0.29) is 0 Å². The minimum atomic E-state index is 0.524. The lowest BCUT2D eigenvalue weighted by Crippen LogP contribution is -2.43. The molecular weight excluding hydrogens is 182 g/mol. The van der Waals surface area contributed by atoms with Crippen LogP contribution in [0.5, 0.6) is 0 Å². The van der Waals surface area contributed by atoms with Crippen molar-refractivity contribution in [2.45, 2.75) is 73.3 Å². The highest BCUT2D eigenvalue weighted by molar-refractivity contribution is 4.93. The van der Waals surface area contributed by atoms with Crippen molar-refractivity contribution in [2.75, 3.05) is 7.05 Å². The van der Waals surface area contributed by atoms with Crippen molar-refractivity contribution in [3.8, 4) is 0 Å². The third-order valence-electron chi connectivity index (χ3n) is 3.71. The lowest BCUT2D eigenvalue weighted by Gasteiger charge is -2.46. The van der Waals surface area contributed by atoms with Crippen LogP contribution in [0.25, 0.3) is 0 Å². The highest BCUT2D eigenvalue weighted by atomic mass is 14.9. The molecule has 0 spiro atoms. The molecule has 15 heavy (non-hydrogen) atoms. The van der Waals surface area contributed by atoms with E-state index in [1.807, 2.05) is 13.8 Å². The first-order valence-electron chi connectivity index (χ1n) is 6.58. The van der Waals surface area contributed by atoms with Crippen LogP contribution >= 0.6 is 0 Å². The number of hydrogen-bond acceptors (Lipinski definition) is 1. The SMILES string of the molecule is CC.CCC1(C)CC(NC)CC(C)(C)C1. The van der Waals surface area contributed by atoms with Crippen molar-refractivity contribution in [3.05, 3.63) is 0 Å². The Kier molecular flexibility index (Phi) is 5.87. The molecule has 0 saturated heterocycles. The monoisotopic (exact) mass is 213 g/mol. The van der Waals surface area contributed by atoms with Gasteiger partial charge in [-0.1, -0.05) is 48.0 Å². The Hall–Kier alpha value is -0.0400. The van der Waals surface area contributed by atoms with E-state index in [2.05, 4.69) is 40.1 Å². The van der Waals surface area contributed by atoms with E-state index in [4.69, 9.17) is 0 Å². The van der Waals surface area contributed by atoms with Gasteiger partial charge in [0.1, 0.15) is 0 Å². The molecule has 1 fully saturated rings. The van der Waals surface area contributed by atoms with E-state index < -0.39 is 0 Å². The second-order valence-electron chi connectivity index (χ2n) is 5.90. The van der Waals surface area contributed by atoms with Crippen LogP contribution in [-0.4, -0.2) is 13.1 Å². The number of hydrogen-bond donors (Lipinski definition) is 1. The maximum absolute atomic E-state index is 3.45. The molecule has 0 bridgehead atoms. The predicted molar refractivity (Wildman–Crippen MR) is 70.2 cm³/mol. The van der Waals surface area contributed by atoms with E-state index in [1.165, 1.54) is 25.7 Å². The van der Waals surface area contributed by atoms with Crippen LogP contribution in [0.3, 0.4) is 0 Å². The van der Waals surface area contributed by atoms with E-state index in [1.54, 1.807) is 0 Å². The van der Waals surface area contributed by atoms with Gasteiger partial charge in [-0.2, -0.15) is 0 Å². The van der Waals surface area contributed by atoms with Gasteiger partial charge in [0.05, 0.1) is 0 Å². The van der Waals surface area contributed by atoms with Gasteiger partial charge in [-0.3, -0.25) is 0 Å². The Labute approximate surface area is 97.0 Å². The molecule has 1 aliphatic carbocycles. The Bertz CT molecular complexity index is 174. The van der Waals surface area contributed by atoms with E-state index >= 15 is 0 Å². The zero-order chi connectivity index (χ0) is 12.1. The van der Waals surface area contributed by atoms with Crippen molar-refractivity contribution < 1.29 is 0 Å². The van der Waals surface area contributed by atoms with Crippen molar-refractivity contribution in [1.29, 1.82) is 0 Å². The third-order valence-corrected chi connectivity index (χ3v) is 3.71. The van der Waals surface area contributed by atoms with Crippen LogP contribution in [0.15, 0.2) is 0 Å². The van der Waals surface area contributed by atoms with Gasteiger partial charge in [-0.05, 0) is 37.1 Å². The standard InChI is InChI=1S/C12H25N.C2H6/c1-6-12(4)8-10(13-5)7-11(2,3)9-12;1-2/h10,13H,6-9H2,1-5H3;1-2H3. The molecule has 92 valence electrons. The third kappa shape index (κ3) is 4.55. The first-order valence-corrected chi connectivity index (χ1v) is 6.58. The van der Waals surface area contributed by atoms with Gasteiger partial charge in [0.15, 0.2) is 0 Å². The fraction of sp³-hybridized carbons (Fsp3) is 1.00. The zero-order valence-corrected chi connectivity index (χ0v) is 11.9. The molecule has 1 N–H and O–H groups in total. The summed E-state index contributed by atoms with van der Waals surface area (Å²) in [7, 11) is 2.10. The molecule has 2 unspecified atom stereocenters. The molecule has 2 atom stereocenters. The molecule has 0 radical (unpaired) electrons. The molecule has 0 amide bonds. The van der Waals surface area contributed by atoms with Gasteiger partial charge in [-0.15, -0.1) is 0 Å². The summed E-state index contributed by atoms with van der Waals surface area (Å²) < 4.78 is 0. The van der Waals surface area contributed by atoms with E-state index in [9.17, 15) is 0 Å². The smallest absolute Gasteiger partial charge is 0.00743 e. The Morgan fingerprint density at radius 3 is 2.07 bits per heavy atom. The fourth-order valence-electron chi connectivity index (χ4n) is 3.11. The van der Waals surface area contributed by atoms with Crippen LogP contribution in [-0.2, 0) is 0 Å². The van der Waals surface area contributed by atoms with Crippen molar-refractivity contribution in [1.82, 2.24) is 5.32 Å². The maximum atomic E-state index is 3.45. The maximum Gasteiger partial charge on any atom is 0.00743 e. The van der Waals surface area contributed by atoms with Gasteiger partial charge >= 0.3 is 0 Å². The average molecular weight is 213 g/mol. The molecule has 0 heterocycles. The summed E-state index contributed by atoms with van der Waals surface area (Å²) in [6, 6.07) is 0.730. The van der Waals surface area contributed by atoms with Crippen LogP contribution in [0.4, 0.5) is 0 Å². The molecule has 0 aromatic heterocycles. The first kappa shape index (κ1) is 15.0. The summed E-state index contributed by atoms with van der Waals surface area (Å²) in [5.74, 6) is 0. The van der Waals surface area contributed by atoms with Gasteiger partial charge in [0.25, 0.3) is 0 Å². The summed E-state index contributed by atoms with van der Waals surface area (Å²) in [6.07, 6.45) is 5.38. The molecule has 0 aromatic carbocycles. The Morgan fingerprint density at radius 2 is 1.67 bits per heavy atom. The fourth-order valence-corrected chi connectivity index (χ4v) is 3.11. The van der Waals surface area contributed by atoms with E-state index in [0.29, 0.717) is 10.8 Å². The number of rotatable bonds is 2. The van der Waals surface area contributed by atoms with Gasteiger partial charge in [0.2, 0.25) is 0 Å². The van der Waals surface area contributed by atoms with Gasteiger partial charge in [-0.25, -0.2) is 0 Å². The largest absolute Gasteiger partial charge is 0.317 e. The highest BCUT2D eigenvalue weighted by Crippen LogP contribution is 2.47. The van der Waals surface area contributed by atoms with Crippen molar-refractivity contribution in [3.63, 3.8) is 0 Å². The van der Waals surface area contributed by atoms with Crippen LogP contribution in [0.1, 0.15) is 67.2 Å². The lowest BCUT2D eigenvalue weighted by molar-refractivity contribution is 0.0704. The zero-order valence-electron chi connectivity index (χ0n) is 11.9. The van der Waals surface area contributed by atoms with Gasteiger partial charge < -0.3 is 5.32 Å². The topological polar surface area (TPSA) is 12.0 Å². The quantitative estimate of drug-likeness (QED) is 0.724. The molecule has 1 rings (SSSR count). The molecule has 1 saturated carbocycles. The molecule has 1 heteroatoms. The van der Waals surface area contributed by atoms with Gasteiger partial charge in [0, 0.05) is 6.04 Å². The summed E-state index contributed by atoms with van der Waals surface area (Å²) in [4.78, 5) is 0. The molecule has 1 aliphatic rings. The van der Waals surface area contributed by atoms with Crippen LogP contribution < -0.4 is 5.32 Å². The molecular formula is C14H31N. The molecule has 0 aliphatic heterocycles. The second kappa shape index (κ2) is 5.89. The Morgan fingerprint density at radius 1 is 1.13 bits per heavy atom. The van der Waals surface area contributed by atoms with Crippen LogP contribution in [0, 0.1) is 10.8 Å². The number of nitrogens with one attached hydrogen (secondary N) is 1. The minimum absolute atomic E-state index is 0.524. The van der Waals surface area contributed by atoms with Crippen LogP contribution in [0.2, 0.25) is 0 Å². The average Bonchev–Trinajstić information content (AvgIpc) is 2.18. The lowest BCUT2D eigenvalue weighted by atomic mass is 9.62. The highest BCUT2D eigenvalue weighted by Gasteiger charge is 2.39. The van der Waals surface area contributed by atoms with E-state index in [0.717, 1.165) is 6.04 Å². The Balaban J connectivity index is 0.000000921. The summed E-state index contributed by atoms with van der Waals surface area (Å²) in [5, 5.41) is 3.45. The predicted octanol–water partition coefficient (Wildman–Crippen LogP) is 4.23. The normalized spacial score (nSPS) is 34.2. The van der Waals surface area contributed by atoms with Crippen molar-refractivity contribution in [2.24, 2.45) is 10.8 Å². The summed E-state index contributed by atoms with van der Waals surface area (Å²) in [6.45, 7) is 13.6. The van der Waals surface area contributed by atoms with Crippen molar-refractivity contribution >= 4 is 0 Å². The summed E-state index contributed by atoms with van der Waals surface area (Å²) in [5.41, 5.74) is 1.09. The molecule has 1 nitrogen and oxygen atoms in total. The minimum Gasteiger partial charge on any atom is -0.317 e. The summed E-state index contributed by atoms with van der Waals surface area (Å²) >= 11 is 0. The second-order valence-corrected chi connectivity index (χ2v) is 5.90.